The van der Waals surface area contributed by atoms with E-state index in [2.05, 4.69) is 15.9 Å². The lowest BCUT2D eigenvalue weighted by molar-refractivity contribution is 0.0693. The quantitative estimate of drug-likeness (QED) is 0.816. The Morgan fingerprint density at radius 2 is 2.25 bits per heavy atom. The molecule has 1 N–H and O–H groups in total. The Hall–Kier alpha value is -0.480. The molecule has 0 radical (unpaired) electrons. The molecule has 0 unspecified atom stereocenters. The van der Waals surface area contributed by atoms with Crippen LogP contribution in [0, 0.1) is 0 Å². The Labute approximate surface area is 83.1 Å². The molecule has 0 saturated heterocycles. The van der Waals surface area contributed by atoms with Crippen LogP contribution in [0.1, 0.15) is 10.4 Å². The zero-order valence-corrected chi connectivity index (χ0v) is 8.78. The number of benzene rings is 1. The van der Waals surface area contributed by atoms with Gasteiger partial charge in [-0.1, -0.05) is 15.9 Å². The number of hydrogen-bond donors (Lipinski definition) is 1. The molecule has 4 heteroatoms. The highest BCUT2D eigenvalue weighted by molar-refractivity contribution is 9.10. The fraction of sp³-hybridized carbons (Fsp3) is 0.125. The second-order valence-electron chi connectivity index (χ2n) is 2.15. The Morgan fingerprint density at radius 3 is 2.75 bits per heavy atom. The summed E-state index contributed by atoms with van der Waals surface area (Å²) in [5, 5.41) is 8.76. The van der Waals surface area contributed by atoms with E-state index >= 15 is 0 Å². The van der Waals surface area contributed by atoms with Crippen molar-refractivity contribution < 1.29 is 9.90 Å². The van der Waals surface area contributed by atoms with Crippen molar-refractivity contribution in [2.45, 2.75) is 4.90 Å². The molecule has 0 saturated carbocycles. The Balaban J connectivity index is 3.20. The van der Waals surface area contributed by atoms with Gasteiger partial charge in [0.1, 0.15) is 0 Å². The van der Waals surface area contributed by atoms with Crippen LogP contribution in [0.3, 0.4) is 0 Å². The minimum atomic E-state index is -0.883. The maximum absolute atomic E-state index is 10.7. The van der Waals surface area contributed by atoms with E-state index in [1.807, 2.05) is 6.26 Å². The molecule has 0 aliphatic carbocycles. The van der Waals surface area contributed by atoms with Crippen LogP contribution in [0.5, 0.6) is 0 Å². The highest BCUT2D eigenvalue weighted by atomic mass is 79.9. The zero-order chi connectivity index (χ0) is 9.14. The first-order valence-corrected chi connectivity index (χ1v) is 5.23. The van der Waals surface area contributed by atoms with E-state index in [1.54, 1.807) is 18.2 Å². The first-order chi connectivity index (χ1) is 5.65. The van der Waals surface area contributed by atoms with Crippen molar-refractivity contribution in [1.29, 1.82) is 0 Å². The molecule has 12 heavy (non-hydrogen) atoms. The lowest BCUT2D eigenvalue weighted by Crippen LogP contribution is -1.97. The van der Waals surface area contributed by atoms with Crippen LogP contribution in [-0.4, -0.2) is 17.3 Å². The third kappa shape index (κ3) is 2.01. The summed E-state index contributed by atoms with van der Waals surface area (Å²) >= 11 is 4.71. The highest BCUT2D eigenvalue weighted by Gasteiger charge is 2.08. The lowest BCUT2D eigenvalue weighted by atomic mass is 10.2. The molecule has 0 spiro atoms. The van der Waals surface area contributed by atoms with Crippen LogP contribution < -0.4 is 0 Å². The molecule has 1 rings (SSSR count). The van der Waals surface area contributed by atoms with Crippen molar-refractivity contribution >= 4 is 33.7 Å². The van der Waals surface area contributed by atoms with E-state index in [0.29, 0.717) is 5.56 Å². The third-order valence-electron chi connectivity index (χ3n) is 1.39. The molecule has 64 valence electrons. The Morgan fingerprint density at radius 1 is 1.58 bits per heavy atom. The lowest BCUT2D eigenvalue weighted by Gasteiger charge is -2.02. The molecule has 0 amide bonds. The summed E-state index contributed by atoms with van der Waals surface area (Å²) in [5.41, 5.74) is 0.353. The molecule has 1 aromatic carbocycles. The van der Waals surface area contributed by atoms with Crippen molar-refractivity contribution in [2.24, 2.45) is 0 Å². The largest absolute Gasteiger partial charge is 0.478 e. The Bertz CT molecular complexity index is 312. The average molecular weight is 247 g/mol. The summed E-state index contributed by atoms with van der Waals surface area (Å²) in [6.45, 7) is 0. The summed E-state index contributed by atoms with van der Waals surface area (Å²) in [7, 11) is 0. The SMILES string of the molecule is CSc1cc(Br)ccc1C(=O)O. The van der Waals surface area contributed by atoms with Gasteiger partial charge < -0.3 is 5.11 Å². The van der Waals surface area contributed by atoms with E-state index in [0.717, 1.165) is 9.37 Å². The van der Waals surface area contributed by atoms with E-state index in [4.69, 9.17) is 5.11 Å². The molecule has 0 heterocycles. The Kier molecular flexibility index (Phi) is 3.17. The summed E-state index contributed by atoms with van der Waals surface area (Å²) in [6, 6.07) is 5.12. The predicted octanol–water partition coefficient (Wildman–Crippen LogP) is 2.87. The molecule has 0 atom stereocenters. The average Bonchev–Trinajstić information content (AvgIpc) is 2.03. The van der Waals surface area contributed by atoms with Gasteiger partial charge in [0.05, 0.1) is 5.56 Å². The van der Waals surface area contributed by atoms with Gasteiger partial charge in [0.15, 0.2) is 0 Å². The molecule has 1 aromatic rings. The third-order valence-corrected chi connectivity index (χ3v) is 2.66. The van der Waals surface area contributed by atoms with Gasteiger partial charge in [0.25, 0.3) is 0 Å². The second-order valence-corrected chi connectivity index (χ2v) is 3.91. The van der Waals surface area contributed by atoms with Gasteiger partial charge in [-0.25, -0.2) is 4.79 Å². The monoisotopic (exact) mass is 246 g/mol. The molecule has 0 bridgehead atoms. The fourth-order valence-electron chi connectivity index (χ4n) is 0.842. The normalized spacial score (nSPS) is 9.83. The van der Waals surface area contributed by atoms with Gasteiger partial charge in [-0.05, 0) is 24.5 Å². The number of carboxylic acids is 1. The van der Waals surface area contributed by atoms with Crippen LogP contribution in [0.25, 0.3) is 0 Å². The summed E-state index contributed by atoms with van der Waals surface area (Å²) in [6.07, 6.45) is 1.86. The smallest absolute Gasteiger partial charge is 0.336 e. The van der Waals surface area contributed by atoms with Gasteiger partial charge >= 0.3 is 5.97 Å². The van der Waals surface area contributed by atoms with Gasteiger partial charge in [-0.15, -0.1) is 11.8 Å². The highest BCUT2D eigenvalue weighted by Crippen LogP contribution is 2.24. The van der Waals surface area contributed by atoms with Crippen molar-refractivity contribution in [3.8, 4) is 0 Å². The van der Waals surface area contributed by atoms with E-state index in [9.17, 15) is 4.79 Å². The second kappa shape index (κ2) is 3.96. The summed E-state index contributed by atoms with van der Waals surface area (Å²) < 4.78 is 0.900. The zero-order valence-electron chi connectivity index (χ0n) is 6.37. The van der Waals surface area contributed by atoms with E-state index in [1.165, 1.54) is 11.8 Å². The molecule has 0 fully saturated rings. The van der Waals surface area contributed by atoms with Crippen molar-refractivity contribution in [2.75, 3.05) is 6.26 Å². The topological polar surface area (TPSA) is 37.3 Å². The number of halogens is 1. The van der Waals surface area contributed by atoms with Crippen LogP contribution in [0.2, 0.25) is 0 Å². The van der Waals surface area contributed by atoms with E-state index in [-0.39, 0.29) is 0 Å². The molecule has 0 aliphatic rings. The van der Waals surface area contributed by atoms with Crippen molar-refractivity contribution in [3.05, 3.63) is 28.2 Å². The van der Waals surface area contributed by atoms with Crippen molar-refractivity contribution in [1.82, 2.24) is 0 Å². The molecule has 0 aliphatic heterocycles. The minimum Gasteiger partial charge on any atom is -0.478 e. The van der Waals surface area contributed by atoms with Gasteiger partial charge in [-0.3, -0.25) is 0 Å². The molecule has 0 aromatic heterocycles. The maximum atomic E-state index is 10.7. The fourth-order valence-corrected chi connectivity index (χ4v) is 1.97. The first kappa shape index (κ1) is 9.61. The first-order valence-electron chi connectivity index (χ1n) is 3.22. The molecular weight excluding hydrogens is 240 g/mol. The minimum absolute atomic E-state index is 0.353. The van der Waals surface area contributed by atoms with E-state index < -0.39 is 5.97 Å². The predicted molar refractivity (Wildman–Crippen MR) is 52.9 cm³/mol. The number of thioether (sulfide) groups is 1. The van der Waals surface area contributed by atoms with Crippen LogP contribution in [0.4, 0.5) is 0 Å². The van der Waals surface area contributed by atoms with Gasteiger partial charge in [0, 0.05) is 9.37 Å². The number of carboxylic acid groups (broad SMARTS) is 1. The van der Waals surface area contributed by atoms with Crippen LogP contribution in [0.15, 0.2) is 27.6 Å². The van der Waals surface area contributed by atoms with Crippen LogP contribution in [-0.2, 0) is 0 Å². The van der Waals surface area contributed by atoms with Gasteiger partial charge in [0.2, 0.25) is 0 Å². The number of carbonyl (C=O) groups is 1. The number of hydrogen-bond acceptors (Lipinski definition) is 2. The standard InChI is InChI=1S/C8H7BrO2S/c1-12-7-4-5(9)2-3-6(7)8(10)11/h2-4H,1H3,(H,10,11). The van der Waals surface area contributed by atoms with Crippen LogP contribution >= 0.6 is 27.7 Å². The maximum Gasteiger partial charge on any atom is 0.336 e. The molecular formula is C8H7BrO2S. The summed E-state index contributed by atoms with van der Waals surface area (Å²) in [4.78, 5) is 11.4. The van der Waals surface area contributed by atoms with Crippen molar-refractivity contribution in [3.63, 3.8) is 0 Å². The van der Waals surface area contributed by atoms with Gasteiger partial charge in [-0.2, -0.15) is 0 Å². The molecule has 2 nitrogen and oxygen atoms in total. The number of aromatic carboxylic acids is 1. The summed E-state index contributed by atoms with van der Waals surface area (Å²) in [5.74, 6) is -0.883. The number of rotatable bonds is 2.